The van der Waals surface area contributed by atoms with Crippen LogP contribution in [-0.2, 0) is 14.3 Å². The Bertz CT molecular complexity index is 344. The fraction of sp³-hybridized carbons (Fsp3) is 0.867. The molecule has 0 unspecified atom stereocenters. The highest BCUT2D eigenvalue weighted by atomic mass is 19.1. The third kappa shape index (κ3) is 5.88. The lowest BCUT2D eigenvalue weighted by Crippen LogP contribution is -2.36. The monoisotopic (exact) mass is 288 g/mol. The van der Waals surface area contributed by atoms with E-state index in [1.807, 2.05) is 0 Å². The summed E-state index contributed by atoms with van der Waals surface area (Å²) in [5.74, 6) is -2.59. The van der Waals surface area contributed by atoms with Gasteiger partial charge >= 0.3 is 11.9 Å². The van der Waals surface area contributed by atoms with Gasteiger partial charge in [0.2, 0.25) is 0 Å². The van der Waals surface area contributed by atoms with Gasteiger partial charge in [0.05, 0.1) is 18.5 Å². The van der Waals surface area contributed by atoms with Crippen molar-refractivity contribution in [2.75, 3.05) is 6.67 Å². The largest absolute Gasteiger partial charge is 0.481 e. The summed E-state index contributed by atoms with van der Waals surface area (Å²) in [5.41, 5.74) is -0.637. The van der Waals surface area contributed by atoms with Crippen LogP contribution in [0.4, 0.5) is 4.39 Å². The van der Waals surface area contributed by atoms with E-state index in [1.54, 1.807) is 20.8 Å². The number of alkyl halides is 1. The lowest BCUT2D eigenvalue weighted by Gasteiger charge is -2.27. The third-order valence-electron chi connectivity index (χ3n) is 3.45. The van der Waals surface area contributed by atoms with E-state index in [9.17, 15) is 19.1 Å². The highest BCUT2D eigenvalue weighted by molar-refractivity contribution is 5.81. The molecule has 1 rings (SSSR count). The van der Waals surface area contributed by atoms with Crippen LogP contribution in [0.5, 0.6) is 0 Å². The van der Waals surface area contributed by atoms with Crippen LogP contribution in [0.15, 0.2) is 0 Å². The Morgan fingerprint density at radius 1 is 1.30 bits per heavy atom. The number of rotatable bonds is 8. The predicted molar refractivity (Wildman–Crippen MR) is 73.0 cm³/mol. The van der Waals surface area contributed by atoms with E-state index in [2.05, 4.69) is 0 Å². The summed E-state index contributed by atoms with van der Waals surface area (Å²) < 4.78 is 17.7. The van der Waals surface area contributed by atoms with E-state index in [0.717, 1.165) is 12.8 Å². The molecule has 0 bridgehead atoms. The maximum absolute atomic E-state index is 12.3. The summed E-state index contributed by atoms with van der Waals surface area (Å²) in [4.78, 5) is 23.6. The molecule has 0 spiro atoms. The Morgan fingerprint density at radius 2 is 1.90 bits per heavy atom. The first-order valence-electron chi connectivity index (χ1n) is 7.26. The number of carboxylic acid groups (broad SMARTS) is 1. The Morgan fingerprint density at radius 3 is 2.30 bits per heavy atom. The zero-order valence-corrected chi connectivity index (χ0v) is 12.5. The summed E-state index contributed by atoms with van der Waals surface area (Å²) in [7, 11) is 0. The van der Waals surface area contributed by atoms with E-state index >= 15 is 0 Å². The fourth-order valence-electron chi connectivity index (χ4n) is 2.31. The van der Waals surface area contributed by atoms with E-state index in [1.165, 1.54) is 0 Å². The summed E-state index contributed by atoms with van der Waals surface area (Å²) in [6.07, 6.45) is 2.96. The van der Waals surface area contributed by atoms with Gasteiger partial charge in [0.1, 0.15) is 5.60 Å². The first-order chi connectivity index (χ1) is 9.24. The van der Waals surface area contributed by atoms with Gasteiger partial charge < -0.3 is 9.84 Å². The summed E-state index contributed by atoms with van der Waals surface area (Å²) in [6, 6.07) is 0. The SMILES string of the molecule is CC(C)(C)OC(=O)[C@@H](CC1CC1)[C@@H](CCCF)C(=O)O. The smallest absolute Gasteiger partial charge is 0.310 e. The second-order valence-electron chi connectivity index (χ2n) is 6.59. The number of aliphatic carboxylic acids is 1. The molecule has 4 nitrogen and oxygen atoms in total. The average Bonchev–Trinajstić information content (AvgIpc) is 3.09. The minimum absolute atomic E-state index is 0.168. The van der Waals surface area contributed by atoms with Gasteiger partial charge in [-0.05, 0) is 46.0 Å². The van der Waals surface area contributed by atoms with E-state index in [4.69, 9.17) is 4.74 Å². The molecule has 1 fully saturated rings. The minimum Gasteiger partial charge on any atom is -0.481 e. The lowest BCUT2D eigenvalue weighted by molar-refractivity contribution is -0.167. The zero-order valence-electron chi connectivity index (χ0n) is 12.5. The quantitative estimate of drug-likeness (QED) is 0.697. The van der Waals surface area contributed by atoms with Gasteiger partial charge in [-0.1, -0.05) is 12.8 Å². The van der Waals surface area contributed by atoms with Crippen LogP contribution in [0, 0.1) is 17.8 Å². The first-order valence-corrected chi connectivity index (χ1v) is 7.26. The van der Waals surface area contributed by atoms with Crippen molar-refractivity contribution >= 4 is 11.9 Å². The van der Waals surface area contributed by atoms with Crippen molar-refractivity contribution in [1.29, 1.82) is 0 Å². The van der Waals surface area contributed by atoms with Crippen LogP contribution in [0.25, 0.3) is 0 Å². The Labute approximate surface area is 119 Å². The third-order valence-corrected chi connectivity index (χ3v) is 3.45. The average molecular weight is 288 g/mol. The molecule has 1 N–H and O–H groups in total. The number of hydrogen-bond acceptors (Lipinski definition) is 3. The molecule has 2 atom stereocenters. The molecule has 0 aromatic carbocycles. The van der Waals surface area contributed by atoms with Crippen molar-refractivity contribution in [3.05, 3.63) is 0 Å². The number of carbonyl (C=O) groups excluding carboxylic acids is 1. The standard InChI is InChI=1S/C15H25FO4/c1-15(2,3)20-14(19)12(9-10-6-7-10)11(13(17)18)5-4-8-16/h10-12H,4-9H2,1-3H3,(H,17,18)/t11-,12+/m1/s1. The van der Waals surface area contributed by atoms with Crippen LogP contribution >= 0.6 is 0 Å². The Hall–Kier alpha value is -1.13. The second-order valence-corrected chi connectivity index (χ2v) is 6.59. The molecule has 20 heavy (non-hydrogen) atoms. The molecular formula is C15H25FO4. The lowest BCUT2D eigenvalue weighted by atomic mass is 9.84. The summed E-state index contributed by atoms with van der Waals surface area (Å²) in [6.45, 7) is 4.72. The fourth-order valence-corrected chi connectivity index (χ4v) is 2.31. The topological polar surface area (TPSA) is 63.6 Å². The molecule has 0 amide bonds. The highest BCUT2D eigenvalue weighted by Crippen LogP contribution is 2.39. The Kier molecular flexibility index (Phi) is 5.96. The number of halogens is 1. The molecule has 0 saturated heterocycles. The molecule has 5 heteroatoms. The van der Waals surface area contributed by atoms with Crippen LogP contribution < -0.4 is 0 Å². The summed E-state index contributed by atoms with van der Waals surface area (Å²) in [5, 5.41) is 9.32. The van der Waals surface area contributed by atoms with E-state index in [-0.39, 0.29) is 12.8 Å². The number of hydrogen-bond donors (Lipinski definition) is 1. The first kappa shape index (κ1) is 16.9. The number of esters is 1. The minimum atomic E-state index is -1.03. The van der Waals surface area contributed by atoms with Gasteiger partial charge in [0.15, 0.2) is 0 Å². The molecule has 0 aliphatic heterocycles. The van der Waals surface area contributed by atoms with Crippen molar-refractivity contribution in [1.82, 2.24) is 0 Å². The molecule has 0 radical (unpaired) electrons. The van der Waals surface area contributed by atoms with Crippen LogP contribution in [-0.4, -0.2) is 29.3 Å². The van der Waals surface area contributed by atoms with Gasteiger partial charge in [-0.2, -0.15) is 0 Å². The summed E-state index contributed by atoms with van der Waals surface area (Å²) >= 11 is 0. The van der Waals surface area contributed by atoms with Crippen molar-refractivity contribution in [3.63, 3.8) is 0 Å². The molecular weight excluding hydrogens is 263 g/mol. The van der Waals surface area contributed by atoms with Gasteiger partial charge in [0, 0.05) is 0 Å². The number of ether oxygens (including phenoxy) is 1. The molecule has 1 aliphatic rings. The van der Waals surface area contributed by atoms with Gasteiger partial charge in [-0.15, -0.1) is 0 Å². The maximum Gasteiger partial charge on any atom is 0.310 e. The van der Waals surface area contributed by atoms with Crippen molar-refractivity contribution in [2.45, 2.75) is 58.5 Å². The molecule has 0 aromatic rings. The van der Waals surface area contributed by atoms with Crippen molar-refractivity contribution in [2.24, 2.45) is 17.8 Å². The van der Waals surface area contributed by atoms with Crippen LogP contribution in [0.1, 0.15) is 52.9 Å². The van der Waals surface area contributed by atoms with Gasteiger partial charge in [-0.25, -0.2) is 0 Å². The van der Waals surface area contributed by atoms with Crippen molar-refractivity contribution in [3.8, 4) is 0 Å². The predicted octanol–water partition coefficient (Wildman–Crippen LogP) is 3.19. The Balaban J connectivity index is 2.78. The number of carboxylic acids is 1. The second kappa shape index (κ2) is 7.04. The van der Waals surface area contributed by atoms with Crippen molar-refractivity contribution < 1.29 is 23.8 Å². The molecule has 1 aliphatic carbocycles. The van der Waals surface area contributed by atoms with E-state index in [0.29, 0.717) is 12.3 Å². The van der Waals surface area contributed by atoms with Gasteiger partial charge in [-0.3, -0.25) is 14.0 Å². The van der Waals surface area contributed by atoms with Crippen LogP contribution in [0.3, 0.4) is 0 Å². The van der Waals surface area contributed by atoms with E-state index < -0.39 is 36.1 Å². The van der Waals surface area contributed by atoms with Crippen LogP contribution in [0.2, 0.25) is 0 Å². The normalized spacial score (nSPS) is 18.4. The highest BCUT2D eigenvalue weighted by Gasteiger charge is 2.39. The molecule has 116 valence electrons. The molecule has 0 heterocycles. The maximum atomic E-state index is 12.3. The molecule has 1 saturated carbocycles. The number of carbonyl (C=O) groups is 2. The molecule has 0 aromatic heterocycles. The van der Waals surface area contributed by atoms with Gasteiger partial charge in [0.25, 0.3) is 0 Å². The zero-order chi connectivity index (χ0) is 15.3.